The zero-order valence-electron chi connectivity index (χ0n) is 12.6. The van der Waals surface area contributed by atoms with Crippen molar-refractivity contribution in [2.24, 2.45) is 5.92 Å². The van der Waals surface area contributed by atoms with Crippen LogP contribution in [0.2, 0.25) is 0 Å². The highest BCUT2D eigenvalue weighted by molar-refractivity contribution is 7.99. The van der Waals surface area contributed by atoms with Gasteiger partial charge in [0.1, 0.15) is 0 Å². The van der Waals surface area contributed by atoms with Gasteiger partial charge in [-0.2, -0.15) is 0 Å². The number of benzene rings is 1. The summed E-state index contributed by atoms with van der Waals surface area (Å²) < 4.78 is 0. The molecule has 21 heavy (non-hydrogen) atoms. The van der Waals surface area contributed by atoms with E-state index in [0.717, 1.165) is 25.9 Å². The van der Waals surface area contributed by atoms with Crippen molar-refractivity contribution in [3.63, 3.8) is 0 Å². The molecule has 1 N–H and O–H groups in total. The fraction of sp³-hybridized carbons (Fsp3) is 0.667. The summed E-state index contributed by atoms with van der Waals surface area (Å²) in [5.74, 6) is 2.43. The van der Waals surface area contributed by atoms with Gasteiger partial charge in [-0.05, 0) is 30.9 Å². The minimum Gasteiger partial charge on any atom is -0.390 e. The molecule has 0 bridgehead atoms. The van der Waals surface area contributed by atoms with E-state index in [9.17, 15) is 5.11 Å². The summed E-state index contributed by atoms with van der Waals surface area (Å²) in [4.78, 5) is 4.10. The third kappa shape index (κ3) is 2.64. The van der Waals surface area contributed by atoms with Crippen molar-refractivity contribution in [3.05, 3.63) is 29.8 Å². The van der Waals surface area contributed by atoms with Gasteiger partial charge in [0.15, 0.2) is 0 Å². The van der Waals surface area contributed by atoms with E-state index in [4.69, 9.17) is 0 Å². The number of hydrogen-bond acceptors (Lipinski definition) is 3. The Labute approximate surface area is 131 Å². The number of aliphatic hydroxyl groups is 1. The van der Waals surface area contributed by atoms with Gasteiger partial charge in [0, 0.05) is 42.1 Å². The van der Waals surface area contributed by atoms with Gasteiger partial charge in [0.05, 0.1) is 5.60 Å². The average molecular weight is 303 g/mol. The normalized spacial score (nSPS) is 36.2. The molecular weight excluding hydrogens is 278 g/mol. The van der Waals surface area contributed by atoms with Crippen molar-refractivity contribution < 1.29 is 5.11 Å². The van der Waals surface area contributed by atoms with E-state index in [1.807, 2.05) is 11.8 Å². The van der Waals surface area contributed by atoms with E-state index >= 15 is 0 Å². The van der Waals surface area contributed by atoms with E-state index in [-0.39, 0.29) is 5.60 Å². The van der Waals surface area contributed by atoms with Crippen LogP contribution in [0, 0.1) is 5.92 Å². The highest BCUT2D eigenvalue weighted by Crippen LogP contribution is 2.43. The lowest BCUT2D eigenvalue weighted by molar-refractivity contribution is -0.0957. The second kappa shape index (κ2) is 5.60. The van der Waals surface area contributed by atoms with Gasteiger partial charge < -0.3 is 10.0 Å². The van der Waals surface area contributed by atoms with Crippen LogP contribution in [0.5, 0.6) is 0 Å². The van der Waals surface area contributed by atoms with Gasteiger partial charge in [-0.15, -0.1) is 11.8 Å². The molecule has 1 saturated heterocycles. The maximum atomic E-state index is 10.8. The van der Waals surface area contributed by atoms with Crippen LogP contribution in [-0.2, 0) is 0 Å². The molecule has 0 aromatic heterocycles. The Morgan fingerprint density at radius 3 is 3.10 bits per heavy atom. The Morgan fingerprint density at radius 2 is 2.14 bits per heavy atom. The van der Waals surface area contributed by atoms with Gasteiger partial charge in [-0.3, -0.25) is 0 Å². The molecule has 0 radical (unpaired) electrons. The molecule has 1 aliphatic carbocycles. The molecule has 114 valence electrons. The second-order valence-electron chi connectivity index (χ2n) is 7.10. The van der Waals surface area contributed by atoms with Gasteiger partial charge in [-0.25, -0.2) is 0 Å². The van der Waals surface area contributed by atoms with Crippen LogP contribution in [0.25, 0.3) is 0 Å². The molecule has 2 fully saturated rings. The van der Waals surface area contributed by atoms with Gasteiger partial charge >= 0.3 is 0 Å². The molecule has 2 nitrogen and oxygen atoms in total. The monoisotopic (exact) mass is 303 g/mol. The summed E-state index contributed by atoms with van der Waals surface area (Å²) in [5.41, 5.74) is 1.21. The molecule has 1 aromatic rings. The van der Waals surface area contributed by atoms with E-state index in [0.29, 0.717) is 11.8 Å². The Morgan fingerprint density at radius 1 is 1.24 bits per heavy atom. The highest BCUT2D eigenvalue weighted by Gasteiger charge is 2.43. The van der Waals surface area contributed by atoms with Crippen LogP contribution in [0.1, 0.15) is 43.6 Å². The first-order valence-corrected chi connectivity index (χ1v) is 9.40. The summed E-state index contributed by atoms with van der Waals surface area (Å²) in [6.45, 7) is 3.37. The first-order valence-electron chi connectivity index (χ1n) is 8.41. The fourth-order valence-electron chi connectivity index (χ4n) is 4.50. The number of rotatable bonds is 2. The number of likely N-dealkylation sites (tertiary alicyclic amines) is 1. The Hall–Kier alpha value is -0.510. The lowest BCUT2D eigenvalue weighted by Gasteiger charge is -2.48. The van der Waals surface area contributed by atoms with Crippen molar-refractivity contribution in [2.45, 2.75) is 48.5 Å². The molecule has 1 saturated carbocycles. The van der Waals surface area contributed by atoms with Crippen molar-refractivity contribution in [1.29, 1.82) is 0 Å². The quantitative estimate of drug-likeness (QED) is 0.904. The predicted molar refractivity (Wildman–Crippen MR) is 87.9 cm³/mol. The minimum absolute atomic E-state index is 0.336. The zero-order valence-corrected chi connectivity index (χ0v) is 13.4. The molecule has 2 heterocycles. The van der Waals surface area contributed by atoms with E-state index in [1.54, 1.807) is 5.56 Å². The summed E-state index contributed by atoms with van der Waals surface area (Å²) >= 11 is 2.01. The molecule has 2 aliphatic heterocycles. The number of piperidine rings is 1. The van der Waals surface area contributed by atoms with Crippen LogP contribution in [0.15, 0.2) is 29.2 Å². The summed E-state index contributed by atoms with van der Waals surface area (Å²) in [7, 11) is 0. The molecule has 1 aromatic carbocycles. The first-order chi connectivity index (χ1) is 10.2. The average Bonchev–Trinajstić information content (AvgIpc) is 2.91. The zero-order chi connectivity index (χ0) is 14.3. The van der Waals surface area contributed by atoms with Crippen molar-refractivity contribution in [1.82, 2.24) is 4.90 Å². The number of fused-ring (bicyclic) bond motifs is 2. The summed E-state index contributed by atoms with van der Waals surface area (Å²) in [6, 6.07) is 8.89. The van der Waals surface area contributed by atoms with Gasteiger partial charge in [-0.1, -0.05) is 31.0 Å². The lowest BCUT2D eigenvalue weighted by atomic mass is 9.71. The highest BCUT2D eigenvalue weighted by atomic mass is 32.2. The molecular formula is C18H25NOS. The fourth-order valence-corrected chi connectivity index (χ4v) is 5.74. The molecule has 4 rings (SSSR count). The van der Waals surface area contributed by atoms with E-state index in [2.05, 4.69) is 29.2 Å². The van der Waals surface area contributed by atoms with E-state index < -0.39 is 0 Å². The SMILES string of the molecule is OC12CCCCC1CN(CC1CSc3ccccc31)CC2. The number of nitrogens with zero attached hydrogens (tertiary/aromatic N) is 1. The second-order valence-corrected chi connectivity index (χ2v) is 8.16. The Balaban J connectivity index is 1.43. The molecule has 0 amide bonds. The van der Waals surface area contributed by atoms with Crippen molar-refractivity contribution in [3.8, 4) is 0 Å². The van der Waals surface area contributed by atoms with Crippen LogP contribution < -0.4 is 0 Å². The number of thioether (sulfide) groups is 1. The van der Waals surface area contributed by atoms with Crippen LogP contribution >= 0.6 is 11.8 Å². The summed E-state index contributed by atoms with van der Waals surface area (Å²) in [6.07, 6.45) is 5.78. The Bertz CT molecular complexity index is 520. The van der Waals surface area contributed by atoms with Crippen LogP contribution in [-0.4, -0.2) is 41.0 Å². The lowest BCUT2D eigenvalue weighted by Crippen LogP contribution is -2.53. The van der Waals surface area contributed by atoms with Gasteiger partial charge in [0.2, 0.25) is 0 Å². The third-order valence-corrected chi connectivity index (χ3v) is 7.04. The maximum Gasteiger partial charge on any atom is 0.0700 e. The topological polar surface area (TPSA) is 23.5 Å². The molecule has 3 aliphatic rings. The van der Waals surface area contributed by atoms with E-state index in [1.165, 1.54) is 36.5 Å². The molecule has 3 atom stereocenters. The van der Waals surface area contributed by atoms with Gasteiger partial charge in [0.25, 0.3) is 0 Å². The van der Waals surface area contributed by atoms with Crippen molar-refractivity contribution in [2.75, 3.05) is 25.4 Å². The molecule has 3 unspecified atom stereocenters. The smallest absolute Gasteiger partial charge is 0.0700 e. The Kier molecular flexibility index (Phi) is 3.76. The number of hydrogen-bond donors (Lipinski definition) is 1. The molecule has 3 heteroatoms. The summed E-state index contributed by atoms with van der Waals surface area (Å²) in [5, 5.41) is 10.8. The predicted octanol–water partition coefficient (Wildman–Crippen LogP) is 3.50. The largest absolute Gasteiger partial charge is 0.390 e. The maximum absolute atomic E-state index is 10.8. The molecule has 0 spiro atoms. The third-order valence-electron chi connectivity index (χ3n) is 5.79. The minimum atomic E-state index is -0.336. The first kappa shape index (κ1) is 14.1. The van der Waals surface area contributed by atoms with Crippen LogP contribution in [0.3, 0.4) is 0 Å². The van der Waals surface area contributed by atoms with Crippen molar-refractivity contribution >= 4 is 11.8 Å². The standard InChI is InChI=1S/C18H25NOS/c20-18-8-4-3-5-15(18)12-19(10-9-18)11-14-13-21-17-7-2-1-6-16(14)17/h1-2,6-7,14-15,20H,3-5,8-13H2. The van der Waals surface area contributed by atoms with Crippen LogP contribution in [0.4, 0.5) is 0 Å².